The van der Waals surface area contributed by atoms with Crippen LogP contribution in [0.15, 0.2) is 54.6 Å². The van der Waals surface area contributed by atoms with E-state index in [2.05, 4.69) is 25.1 Å². The maximum Gasteiger partial charge on any atom is 0.274 e. The predicted molar refractivity (Wildman–Crippen MR) is 160 cm³/mol. The van der Waals surface area contributed by atoms with Crippen LogP contribution in [0.1, 0.15) is 27.5 Å². The van der Waals surface area contributed by atoms with Crippen LogP contribution in [0, 0.1) is 10.1 Å². The van der Waals surface area contributed by atoms with Gasteiger partial charge in [0.15, 0.2) is 11.5 Å². The molecule has 2 heterocycles. The number of non-ortho nitro benzene ring substituents is 1. The molecule has 0 saturated heterocycles. The molecule has 4 aromatic rings. The van der Waals surface area contributed by atoms with Gasteiger partial charge in [0.2, 0.25) is 5.75 Å². The Bertz CT molecular complexity index is 1640. The van der Waals surface area contributed by atoms with Crippen molar-refractivity contribution >= 4 is 45.5 Å². The van der Waals surface area contributed by atoms with Gasteiger partial charge in [-0.05, 0) is 35.9 Å². The second-order valence-corrected chi connectivity index (χ2v) is 10.9. The molecule has 0 aliphatic carbocycles. The second kappa shape index (κ2) is 12.1. The van der Waals surface area contributed by atoms with Crippen LogP contribution in [0.5, 0.6) is 17.2 Å². The number of quaternary nitrogens is 1. The number of methoxy groups -OCH3 is 3. The number of amides is 1. The largest absolute Gasteiger partial charge is 1.00 e. The van der Waals surface area contributed by atoms with Crippen LogP contribution in [-0.4, -0.2) is 63.7 Å². The first kappa shape index (κ1) is 31.0. The van der Waals surface area contributed by atoms with Gasteiger partial charge in [-0.25, -0.2) is 0 Å². The Balaban J connectivity index is 0.00000405. The highest BCUT2D eigenvalue weighted by Gasteiger charge is 2.35. The fraction of sp³-hybridized carbons (Fsp3) is 0.300. The van der Waals surface area contributed by atoms with E-state index in [0.29, 0.717) is 51.9 Å². The SMILES string of the molecule is COc1cc2cc(C(=O)N3CC(CCl)c4ccc([N+](C)(C)Cc5ccc([N+](=O)[O-])cc5)cc43)[nH]c2c(OC)c1OC.[Cl-]. The van der Waals surface area contributed by atoms with Gasteiger partial charge in [-0.2, -0.15) is 0 Å². The van der Waals surface area contributed by atoms with E-state index in [9.17, 15) is 14.9 Å². The molecule has 0 spiro atoms. The summed E-state index contributed by atoms with van der Waals surface area (Å²) >= 11 is 6.35. The average Bonchev–Trinajstić information content (AvgIpc) is 3.57. The van der Waals surface area contributed by atoms with Crippen molar-refractivity contribution in [1.29, 1.82) is 0 Å². The van der Waals surface area contributed by atoms with Gasteiger partial charge >= 0.3 is 0 Å². The molecule has 3 aromatic carbocycles. The molecule has 1 aliphatic heterocycles. The maximum atomic E-state index is 14.0. The topological polar surface area (TPSA) is 107 Å². The van der Waals surface area contributed by atoms with E-state index in [-0.39, 0.29) is 29.9 Å². The molecule has 1 atom stereocenters. The summed E-state index contributed by atoms with van der Waals surface area (Å²) in [4.78, 5) is 29.6. The Morgan fingerprint density at radius 2 is 1.74 bits per heavy atom. The Morgan fingerprint density at radius 3 is 2.33 bits per heavy atom. The van der Waals surface area contributed by atoms with Gasteiger partial charge in [0.1, 0.15) is 17.9 Å². The molecular weight excluding hydrogens is 583 g/mol. The molecule has 0 bridgehead atoms. The van der Waals surface area contributed by atoms with E-state index in [0.717, 1.165) is 27.9 Å². The summed E-state index contributed by atoms with van der Waals surface area (Å²) < 4.78 is 17.1. The van der Waals surface area contributed by atoms with Crippen LogP contribution in [0.4, 0.5) is 17.1 Å². The number of aromatic amines is 1. The molecule has 10 nitrogen and oxygen atoms in total. The third-order valence-corrected chi connectivity index (χ3v) is 8.03. The van der Waals surface area contributed by atoms with Gasteiger partial charge in [0.05, 0.1) is 51.6 Å². The zero-order valence-electron chi connectivity index (χ0n) is 23.9. The van der Waals surface area contributed by atoms with Gasteiger partial charge in [-0.1, -0.05) is 6.07 Å². The fourth-order valence-electron chi connectivity index (χ4n) is 5.50. The van der Waals surface area contributed by atoms with Gasteiger partial charge in [-0.3, -0.25) is 19.4 Å². The number of halogens is 2. The van der Waals surface area contributed by atoms with Crippen LogP contribution >= 0.6 is 11.6 Å². The number of hydrogen-bond acceptors (Lipinski definition) is 6. The molecule has 5 rings (SSSR count). The molecule has 0 fully saturated rings. The number of fused-ring (bicyclic) bond motifs is 2. The number of nitrogens with one attached hydrogen (secondary N) is 1. The molecule has 1 aliphatic rings. The number of aromatic nitrogens is 1. The summed E-state index contributed by atoms with van der Waals surface area (Å²) in [7, 11) is 8.75. The maximum absolute atomic E-state index is 14.0. The Hall–Kier alpha value is -3.99. The fourth-order valence-corrected chi connectivity index (χ4v) is 5.77. The number of nitro benzene ring substituents is 1. The average molecular weight is 616 g/mol. The van der Waals surface area contributed by atoms with E-state index in [1.54, 1.807) is 43.4 Å². The highest BCUT2D eigenvalue weighted by molar-refractivity contribution is 6.19. The smallest absolute Gasteiger partial charge is 0.274 e. The van der Waals surface area contributed by atoms with Crippen LogP contribution in [-0.2, 0) is 6.54 Å². The number of benzene rings is 3. The Kier molecular flexibility index (Phi) is 8.91. The van der Waals surface area contributed by atoms with Crippen molar-refractivity contribution < 1.29 is 36.3 Å². The lowest BCUT2D eigenvalue weighted by Crippen LogP contribution is -3.00. The van der Waals surface area contributed by atoms with Gasteiger partial charge in [-0.15, -0.1) is 11.6 Å². The van der Waals surface area contributed by atoms with Gasteiger partial charge in [0.25, 0.3) is 11.6 Å². The number of hydrogen-bond donors (Lipinski definition) is 1. The minimum absolute atomic E-state index is 0. The number of alkyl halides is 1. The standard InChI is InChI=1S/C30H31ClN4O6.ClH/c1-35(2,17-18-6-8-21(9-7-18)34(37)38)22-10-11-23-20(15-31)16-33(25(23)14-22)30(36)24-12-19-13-26(39-3)28(40-4)29(41-5)27(19)32-24;/h6-14,20H,15-17H2,1-5H3;1H. The summed E-state index contributed by atoms with van der Waals surface area (Å²) in [5, 5.41) is 11.8. The summed E-state index contributed by atoms with van der Waals surface area (Å²) in [5.41, 5.74) is 4.88. The third kappa shape index (κ3) is 5.45. The minimum atomic E-state index is -0.403. The quantitative estimate of drug-likeness (QED) is 0.134. The number of nitro groups is 1. The van der Waals surface area contributed by atoms with E-state index < -0.39 is 4.92 Å². The van der Waals surface area contributed by atoms with Crippen molar-refractivity contribution in [2.75, 3.05) is 52.7 Å². The van der Waals surface area contributed by atoms with Crippen LogP contribution < -0.4 is 36.0 Å². The molecule has 1 N–H and O–H groups in total. The minimum Gasteiger partial charge on any atom is -1.00 e. The first-order valence-electron chi connectivity index (χ1n) is 13.0. The highest BCUT2D eigenvalue weighted by Crippen LogP contribution is 2.44. The lowest BCUT2D eigenvalue weighted by Gasteiger charge is -2.30. The van der Waals surface area contributed by atoms with E-state index in [1.807, 2.05) is 12.1 Å². The zero-order valence-corrected chi connectivity index (χ0v) is 25.5. The van der Waals surface area contributed by atoms with Crippen molar-refractivity contribution in [3.8, 4) is 17.2 Å². The predicted octanol–water partition coefficient (Wildman–Crippen LogP) is 2.86. The molecule has 0 radical (unpaired) electrons. The number of carbonyl (C=O) groups excluding carboxylic acids is 1. The molecule has 1 amide bonds. The number of H-pyrrole nitrogens is 1. The molecule has 12 heteroatoms. The lowest BCUT2D eigenvalue weighted by atomic mass is 10.0. The number of carbonyl (C=O) groups is 1. The number of anilines is 1. The normalized spacial score (nSPS) is 14.3. The summed E-state index contributed by atoms with van der Waals surface area (Å²) in [6.07, 6.45) is 0. The van der Waals surface area contributed by atoms with Crippen molar-refractivity contribution in [2.45, 2.75) is 12.5 Å². The van der Waals surface area contributed by atoms with Crippen molar-refractivity contribution in [3.63, 3.8) is 0 Å². The van der Waals surface area contributed by atoms with Crippen molar-refractivity contribution in [3.05, 3.63) is 81.5 Å². The van der Waals surface area contributed by atoms with E-state index in [1.165, 1.54) is 19.2 Å². The first-order chi connectivity index (χ1) is 19.6. The first-order valence-corrected chi connectivity index (χ1v) is 13.6. The molecule has 1 unspecified atom stereocenters. The van der Waals surface area contributed by atoms with Gasteiger partial charge < -0.3 is 36.5 Å². The second-order valence-electron chi connectivity index (χ2n) is 10.6. The van der Waals surface area contributed by atoms with Crippen LogP contribution in [0.3, 0.4) is 0 Å². The van der Waals surface area contributed by atoms with Crippen LogP contribution in [0.25, 0.3) is 10.9 Å². The van der Waals surface area contributed by atoms with E-state index in [4.69, 9.17) is 25.8 Å². The van der Waals surface area contributed by atoms with E-state index >= 15 is 0 Å². The number of nitrogens with zero attached hydrogens (tertiary/aromatic N) is 3. The Morgan fingerprint density at radius 1 is 1.05 bits per heavy atom. The molecule has 222 valence electrons. The third-order valence-electron chi connectivity index (χ3n) is 7.65. The molecule has 0 saturated carbocycles. The molecule has 1 aromatic heterocycles. The molecule has 42 heavy (non-hydrogen) atoms. The monoisotopic (exact) mass is 614 g/mol. The molecular formula is C30H32Cl2N4O6. The van der Waals surface area contributed by atoms with Crippen molar-refractivity contribution in [2.24, 2.45) is 0 Å². The highest BCUT2D eigenvalue weighted by atomic mass is 35.5. The number of rotatable bonds is 9. The summed E-state index contributed by atoms with van der Waals surface area (Å²) in [5.74, 6) is 1.58. The zero-order chi connectivity index (χ0) is 29.5. The summed E-state index contributed by atoms with van der Waals surface area (Å²) in [6.45, 7) is 1.06. The summed E-state index contributed by atoms with van der Waals surface area (Å²) in [6, 6.07) is 16.3. The lowest BCUT2D eigenvalue weighted by molar-refractivity contribution is -0.384. The van der Waals surface area contributed by atoms with Crippen LogP contribution in [0.2, 0.25) is 0 Å². The number of ether oxygens (including phenoxy) is 3. The van der Waals surface area contributed by atoms with Gasteiger partial charge in [0, 0.05) is 47.5 Å². The Labute approximate surface area is 254 Å². The van der Waals surface area contributed by atoms with Crippen molar-refractivity contribution in [1.82, 2.24) is 9.47 Å².